The second-order valence-electron chi connectivity index (χ2n) is 10.4. The van der Waals surface area contributed by atoms with Crippen molar-refractivity contribution in [1.29, 1.82) is 0 Å². The Morgan fingerprint density at radius 2 is 1.86 bits per heavy atom. The zero-order chi connectivity index (χ0) is 30.4. The zero-order valence-corrected chi connectivity index (χ0v) is 25.5. The van der Waals surface area contributed by atoms with Crippen molar-refractivity contribution in [2.24, 2.45) is 0 Å². The van der Waals surface area contributed by atoms with Gasteiger partial charge in [-0.2, -0.15) is 8.42 Å². The first-order valence-electron chi connectivity index (χ1n) is 14.5. The van der Waals surface area contributed by atoms with Gasteiger partial charge in [0.1, 0.15) is 29.5 Å². The van der Waals surface area contributed by atoms with Gasteiger partial charge in [0.2, 0.25) is 0 Å². The molecule has 1 fully saturated rings. The molecular weight excluding hydrogens is 576 g/mol. The van der Waals surface area contributed by atoms with E-state index in [2.05, 4.69) is 31.5 Å². The van der Waals surface area contributed by atoms with E-state index in [1.165, 1.54) is 0 Å². The molecule has 14 nitrogen and oxygen atoms in total. The molecule has 1 N–H and O–H groups in total. The number of aryl methyl sites for hydroxylation is 1. The Morgan fingerprint density at radius 3 is 2.60 bits per heavy atom. The van der Waals surface area contributed by atoms with Gasteiger partial charge in [0.05, 0.1) is 51.4 Å². The fourth-order valence-corrected chi connectivity index (χ4v) is 5.60. The molecule has 0 radical (unpaired) electrons. The number of hydrogen-bond acceptors (Lipinski definition) is 12. The zero-order valence-electron chi connectivity index (χ0n) is 24.7. The minimum Gasteiger partial charge on any atom is -0.377 e. The summed E-state index contributed by atoms with van der Waals surface area (Å²) in [6, 6.07) is 7.81. The summed E-state index contributed by atoms with van der Waals surface area (Å²) in [5.74, 6) is 2.50. The Bertz CT molecular complexity index is 1530. The summed E-state index contributed by atoms with van der Waals surface area (Å²) in [5, 5.41) is 11.6. The maximum atomic E-state index is 13.8. The van der Waals surface area contributed by atoms with Crippen LogP contribution in [0.25, 0.3) is 11.5 Å². The first-order valence-corrected chi connectivity index (χ1v) is 16.3. The number of ether oxygens (including phenoxy) is 2. The first kappa shape index (κ1) is 30.8. The van der Waals surface area contributed by atoms with Crippen molar-refractivity contribution in [3.63, 3.8) is 0 Å². The molecule has 5 rings (SSSR count). The smallest absolute Gasteiger partial charge is 0.264 e. The molecule has 0 aliphatic carbocycles. The number of rotatable bonds is 15. The molecule has 1 amide bonds. The fraction of sp³-hybridized carbons (Fsp3) is 0.536. The molecule has 0 aromatic carbocycles. The highest BCUT2D eigenvalue weighted by atomic mass is 32.2. The predicted molar refractivity (Wildman–Crippen MR) is 161 cm³/mol. The van der Waals surface area contributed by atoms with Crippen molar-refractivity contribution < 1.29 is 26.9 Å². The van der Waals surface area contributed by atoms with Crippen LogP contribution in [0.5, 0.6) is 0 Å². The molecule has 0 bridgehead atoms. The molecule has 0 spiro atoms. The van der Waals surface area contributed by atoms with Crippen molar-refractivity contribution in [2.45, 2.75) is 45.8 Å². The fourth-order valence-electron chi connectivity index (χ4n) is 5.23. The van der Waals surface area contributed by atoms with Crippen LogP contribution in [0, 0.1) is 0 Å². The third-order valence-corrected chi connectivity index (χ3v) is 7.98. The molecule has 3 aromatic rings. The molecule has 2 aliphatic rings. The number of nitrogens with one attached hydrogen (secondary N) is 1. The SMILES string of the molecule is CCn1cnnc1-c1cccc(N2Cc3c(cc(N4CCC[C@H]4C)nc3NCCOCCOCCOS(C)(=O)=O)C2=O)n1. The van der Waals surface area contributed by atoms with Crippen molar-refractivity contribution in [3.05, 3.63) is 41.7 Å². The highest BCUT2D eigenvalue weighted by Gasteiger charge is 2.34. The van der Waals surface area contributed by atoms with Gasteiger partial charge in [0, 0.05) is 31.2 Å². The molecule has 2 aliphatic heterocycles. The monoisotopic (exact) mass is 614 g/mol. The number of fused-ring (bicyclic) bond motifs is 1. The summed E-state index contributed by atoms with van der Waals surface area (Å²) in [5.41, 5.74) is 2.08. The minimum atomic E-state index is -3.47. The number of carbonyl (C=O) groups is 1. The van der Waals surface area contributed by atoms with E-state index in [0.29, 0.717) is 74.2 Å². The van der Waals surface area contributed by atoms with Crippen LogP contribution in [0.4, 0.5) is 17.5 Å². The lowest BCUT2D eigenvalue weighted by molar-refractivity contribution is 0.0404. The van der Waals surface area contributed by atoms with Gasteiger partial charge in [0.25, 0.3) is 16.0 Å². The highest BCUT2D eigenvalue weighted by Crippen LogP contribution is 2.36. The lowest BCUT2D eigenvalue weighted by Gasteiger charge is -2.24. The molecule has 5 heterocycles. The van der Waals surface area contributed by atoms with Gasteiger partial charge in [-0.25, -0.2) is 9.97 Å². The van der Waals surface area contributed by atoms with Crippen LogP contribution >= 0.6 is 0 Å². The molecule has 43 heavy (non-hydrogen) atoms. The van der Waals surface area contributed by atoms with E-state index in [1.54, 1.807) is 11.2 Å². The number of amides is 1. The van der Waals surface area contributed by atoms with E-state index in [4.69, 9.17) is 19.4 Å². The molecule has 15 heteroatoms. The average Bonchev–Trinajstić information content (AvgIpc) is 3.72. The van der Waals surface area contributed by atoms with Crippen molar-refractivity contribution in [1.82, 2.24) is 24.7 Å². The molecule has 1 atom stereocenters. The van der Waals surface area contributed by atoms with E-state index in [1.807, 2.05) is 35.8 Å². The van der Waals surface area contributed by atoms with Crippen LogP contribution in [-0.4, -0.2) is 97.5 Å². The van der Waals surface area contributed by atoms with Crippen LogP contribution in [0.1, 0.15) is 42.6 Å². The first-order chi connectivity index (χ1) is 20.7. The summed E-state index contributed by atoms with van der Waals surface area (Å²) < 4.78 is 39.5. The largest absolute Gasteiger partial charge is 0.377 e. The van der Waals surface area contributed by atoms with E-state index < -0.39 is 10.1 Å². The van der Waals surface area contributed by atoms with Crippen LogP contribution in [-0.2, 0) is 36.9 Å². The van der Waals surface area contributed by atoms with Crippen LogP contribution < -0.4 is 15.1 Å². The van der Waals surface area contributed by atoms with Gasteiger partial charge in [0.15, 0.2) is 5.82 Å². The van der Waals surface area contributed by atoms with Gasteiger partial charge in [-0.3, -0.25) is 13.9 Å². The molecular formula is C28H38N8O6S. The molecule has 232 valence electrons. The third-order valence-electron chi connectivity index (χ3n) is 7.38. The van der Waals surface area contributed by atoms with Crippen molar-refractivity contribution >= 4 is 33.5 Å². The second-order valence-corrected chi connectivity index (χ2v) is 12.1. The summed E-state index contributed by atoms with van der Waals surface area (Å²) >= 11 is 0. The Morgan fingerprint density at radius 1 is 1.07 bits per heavy atom. The van der Waals surface area contributed by atoms with Gasteiger partial charge < -0.3 is 24.3 Å². The molecule has 1 saturated heterocycles. The van der Waals surface area contributed by atoms with E-state index >= 15 is 0 Å². The van der Waals surface area contributed by atoms with Crippen molar-refractivity contribution in [2.75, 3.05) is 67.5 Å². The van der Waals surface area contributed by atoms with Gasteiger partial charge in [-0.05, 0) is 44.9 Å². The summed E-state index contributed by atoms with van der Waals surface area (Å²) in [7, 11) is -3.47. The Hall–Kier alpha value is -3.66. The number of pyridine rings is 2. The highest BCUT2D eigenvalue weighted by molar-refractivity contribution is 7.85. The lowest BCUT2D eigenvalue weighted by atomic mass is 10.1. The number of anilines is 3. The summed E-state index contributed by atoms with van der Waals surface area (Å²) in [6.45, 7) is 7.78. The maximum absolute atomic E-state index is 13.8. The topological polar surface area (TPSA) is 154 Å². The number of aromatic nitrogens is 5. The maximum Gasteiger partial charge on any atom is 0.264 e. The van der Waals surface area contributed by atoms with Crippen molar-refractivity contribution in [3.8, 4) is 11.5 Å². The van der Waals surface area contributed by atoms with E-state index in [-0.39, 0.29) is 19.1 Å². The number of nitrogens with zero attached hydrogens (tertiary/aromatic N) is 7. The number of hydrogen-bond donors (Lipinski definition) is 1. The minimum absolute atomic E-state index is 0.0287. The predicted octanol–water partition coefficient (Wildman–Crippen LogP) is 2.33. The third kappa shape index (κ3) is 7.47. The van der Waals surface area contributed by atoms with Gasteiger partial charge in [-0.15, -0.1) is 10.2 Å². The number of carbonyl (C=O) groups excluding carboxylic acids is 1. The average molecular weight is 615 g/mol. The summed E-state index contributed by atoms with van der Waals surface area (Å²) in [4.78, 5) is 27.5. The second kappa shape index (κ2) is 13.8. The normalized spacial score (nSPS) is 16.7. The Balaban J connectivity index is 1.26. The van der Waals surface area contributed by atoms with Gasteiger partial charge >= 0.3 is 0 Å². The summed E-state index contributed by atoms with van der Waals surface area (Å²) in [6.07, 6.45) is 4.83. The Kier molecular flexibility index (Phi) is 9.85. The van der Waals surface area contributed by atoms with Crippen LogP contribution in [0.2, 0.25) is 0 Å². The molecule has 0 saturated carbocycles. The molecule has 3 aromatic heterocycles. The lowest BCUT2D eigenvalue weighted by Crippen LogP contribution is -2.28. The van der Waals surface area contributed by atoms with Crippen LogP contribution in [0.3, 0.4) is 0 Å². The van der Waals surface area contributed by atoms with Crippen LogP contribution in [0.15, 0.2) is 30.6 Å². The molecule has 0 unspecified atom stereocenters. The Labute approximate surface area is 251 Å². The standard InChI is InChI=1S/C28H38N8O6S/c1-4-34-19-30-33-27(34)23-8-5-9-24(31-23)36-18-22-21(28(36)37)17-25(35-11-6-7-20(35)2)32-26(22)29-10-12-40-13-14-41-15-16-42-43(3,38)39/h5,8-9,17,19-20H,4,6-7,10-16,18H2,1-3H3,(H,29,32)/t20-/m1/s1. The van der Waals surface area contributed by atoms with Gasteiger partial charge in [-0.1, -0.05) is 6.07 Å². The quantitative estimate of drug-likeness (QED) is 0.197. The van der Waals surface area contributed by atoms with E-state index in [0.717, 1.165) is 37.0 Å². The van der Waals surface area contributed by atoms with E-state index in [9.17, 15) is 13.2 Å².